The molecule has 0 saturated heterocycles. The van der Waals surface area contributed by atoms with Crippen LogP contribution in [-0.2, 0) is 8.85 Å². The van der Waals surface area contributed by atoms with Gasteiger partial charge in [0.15, 0.2) is 0 Å². The molecular weight excluding hydrogens is 280 g/mol. The Morgan fingerprint density at radius 2 is 1.56 bits per heavy atom. The number of hydrogen-bond donors (Lipinski definition) is 2. The van der Waals surface area contributed by atoms with E-state index in [0.29, 0.717) is 5.38 Å². The van der Waals surface area contributed by atoms with E-state index in [-0.39, 0.29) is 5.73 Å². The van der Waals surface area contributed by atoms with Crippen molar-refractivity contribution in [3.8, 4) is 0 Å². The Labute approximate surface area is 114 Å². The topological polar surface area (TPSA) is 58.9 Å². The van der Waals surface area contributed by atoms with Gasteiger partial charge >= 0.3 is 8.56 Å². The van der Waals surface area contributed by atoms with Crippen molar-refractivity contribution < 1.29 is 18.4 Å². The third-order valence-corrected chi connectivity index (χ3v) is 8.25. The van der Waals surface area contributed by atoms with Crippen molar-refractivity contribution in [2.75, 3.05) is 0 Å². The maximum Gasteiger partial charge on any atom is 0.389 e. The van der Waals surface area contributed by atoms with Crippen LogP contribution in [0.4, 0.5) is 0 Å². The van der Waals surface area contributed by atoms with Gasteiger partial charge in [0.2, 0.25) is 8.32 Å². The van der Waals surface area contributed by atoms with Crippen LogP contribution in [0.2, 0.25) is 39.3 Å². The average molecular weight is 309 g/mol. The molecule has 0 bridgehead atoms. The normalized spacial score (nSPS) is 15.4. The van der Waals surface area contributed by atoms with Crippen LogP contribution in [0.1, 0.15) is 13.3 Å². The van der Waals surface area contributed by atoms with Gasteiger partial charge in [0.1, 0.15) is 0 Å². The lowest BCUT2D eigenvalue weighted by Crippen LogP contribution is -2.51. The first-order valence-electron chi connectivity index (χ1n) is 6.30. The molecule has 0 amide bonds. The quantitative estimate of drug-likeness (QED) is 0.560. The number of hydrogen-bond acceptors (Lipinski definition) is 4. The molecule has 18 heavy (non-hydrogen) atoms. The lowest BCUT2D eigenvalue weighted by molar-refractivity contribution is 0.222. The van der Waals surface area contributed by atoms with Crippen molar-refractivity contribution in [3.05, 3.63) is 12.0 Å². The minimum absolute atomic E-state index is 0.122. The standard InChI is InChI=1S/C11H28O4Si3/c1-9-11(16(3,4)12)15-17(5,6)10(2)14-18(7,8)13/h11-13H,2,9H2,1,3-8H3. The van der Waals surface area contributed by atoms with Crippen molar-refractivity contribution in [3.63, 3.8) is 0 Å². The van der Waals surface area contributed by atoms with Gasteiger partial charge in [-0.25, -0.2) is 0 Å². The van der Waals surface area contributed by atoms with Crippen LogP contribution in [0.5, 0.6) is 0 Å². The van der Waals surface area contributed by atoms with Crippen molar-refractivity contribution in [1.29, 1.82) is 0 Å². The van der Waals surface area contributed by atoms with E-state index in [1.165, 1.54) is 0 Å². The molecule has 0 aliphatic rings. The highest BCUT2D eigenvalue weighted by Gasteiger charge is 2.40. The molecule has 1 unspecified atom stereocenters. The van der Waals surface area contributed by atoms with Gasteiger partial charge in [-0.05, 0) is 45.7 Å². The molecule has 0 aromatic rings. The molecular formula is C11H28O4Si3. The molecule has 0 saturated carbocycles. The lowest BCUT2D eigenvalue weighted by Gasteiger charge is -2.36. The zero-order valence-electron chi connectivity index (χ0n) is 12.7. The van der Waals surface area contributed by atoms with Crippen LogP contribution in [-0.4, -0.2) is 40.5 Å². The van der Waals surface area contributed by atoms with E-state index in [9.17, 15) is 9.59 Å². The van der Waals surface area contributed by atoms with Crippen molar-refractivity contribution in [2.45, 2.75) is 58.4 Å². The summed E-state index contributed by atoms with van der Waals surface area (Å²) >= 11 is 0. The van der Waals surface area contributed by atoms with Gasteiger partial charge < -0.3 is 18.4 Å². The molecule has 1 atom stereocenters. The van der Waals surface area contributed by atoms with Gasteiger partial charge in [0.05, 0.1) is 11.1 Å². The van der Waals surface area contributed by atoms with Crippen molar-refractivity contribution in [2.24, 2.45) is 0 Å². The minimum Gasteiger partial charge on any atom is -0.526 e. The van der Waals surface area contributed by atoms with Crippen LogP contribution in [0, 0.1) is 0 Å². The molecule has 0 fully saturated rings. The summed E-state index contributed by atoms with van der Waals surface area (Å²) in [6, 6.07) is 0. The van der Waals surface area contributed by atoms with E-state index in [0.717, 1.165) is 6.42 Å². The Morgan fingerprint density at radius 3 is 1.83 bits per heavy atom. The van der Waals surface area contributed by atoms with E-state index >= 15 is 0 Å². The Kier molecular flexibility index (Phi) is 6.04. The van der Waals surface area contributed by atoms with E-state index in [1.54, 1.807) is 13.1 Å². The Balaban J connectivity index is 4.78. The molecule has 0 aromatic carbocycles. The third-order valence-electron chi connectivity index (χ3n) is 2.64. The number of rotatable bonds is 7. The fourth-order valence-corrected chi connectivity index (χ4v) is 7.95. The highest BCUT2D eigenvalue weighted by molar-refractivity contribution is 6.80. The first kappa shape index (κ1) is 18.1. The summed E-state index contributed by atoms with van der Waals surface area (Å²) in [7, 11) is -7.25. The van der Waals surface area contributed by atoms with Crippen LogP contribution in [0.15, 0.2) is 12.0 Å². The fourth-order valence-electron chi connectivity index (χ4n) is 1.57. The lowest BCUT2D eigenvalue weighted by atomic mass is 10.5. The van der Waals surface area contributed by atoms with Crippen molar-refractivity contribution in [1.82, 2.24) is 0 Å². The summed E-state index contributed by atoms with van der Waals surface area (Å²) in [6.07, 6.45) is 0.777. The monoisotopic (exact) mass is 308 g/mol. The largest absolute Gasteiger partial charge is 0.526 e. The SMILES string of the molecule is C=C(O[Si](C)(C)O)[Si](C)(C)OC(CC)[Si](C)(C)O. The second-order valence-electron chi connectivity index (χ2n) is 6.15. The smallest absolute Gasteiger partial charge is 0.389 e. The van der Waals surface area contributed by atoms with Gasteiger partial charge in [-0.3, -0.25) is 0 Å². The van der Waals surface area contributed by atoms with Gasteiger partial charge in [-0.2, -0.15) is 0 Å². The summed E-state index contributed by atoms with van der Waals surface area (Å²) in [6.45, 7) is 17.0. The molecule has 7 heteroatoms. The molecule has 0 rings (SSSR count). The van der Waals surface area contributed by atoms with E-state index < -0.39 is 25.2 Å². The average Bonchev–Trinajstić information content (AvgIpc) is 2.09. The molecule has 2 N–H and O–H groups in total. The predicted molar refractivity (Wildman–Crippen MR) is 82.3 cm³/mol. The molecule has 0 aromatic heterocycles. The third kappa shape index (κ3) is 6.30. The first-order chi connectivity index (χ1) is 7.79. The van der Waals surface area contributed by atoms with Gasteiger partial charge in [-0.1, -0.05) is 13.5 Å². The fraction of sp³-hybridized carbons (Fsp3) is 0.818. The van der Waals surface area contributed by atoms with E-state index in [1.807, 2.05) is 33.1 Å². The van der Waals surface area contributed by atoms with Gasteiger partial charge in [-0.15, -0.1) is 0 Å². The summed E-state index contributed by atoms with van der Waals surface area (Å²) < 4.78 is 11.6. The molecule has 0 aliphatic heterocycles. The Hall–Kier alpha value is 0.0706. The van der Waals surface area contributed by atoms with Crippen LogP contribution < -0.4 is 0 Å². The van der Waals surface area contributed by atoms with Gasteiger partial charge in [0, 0.05) is 0 Å². The summed E-state index contributed by atoms with van der Waals surface area (Å²) in [5.41, 5.74) is -0.122. The highest BCUT2D eigenvalue weighted by atomic mass is 28.4. The van der Waals surface area contributed by atoms with E-state index in [2.05, 4.69) is 6.58 Å². The molecule has 4 nitrogen and oxygen atoms in total. The van der Waals surface area contributed by atoms with E-state index in [4.69, 9.17) is 8.85 Å². The second kappa shape index (κ2) is 6.02. The maximum absolute atomic E-state index is 10.2. The molecule has 0 radical (unpaired) electrons. The second-order valence-corrected chi connectivity index (χ2v) is 17.0. The molecule has 108 valence electrons. The molecule has 0 aliphatic carbocycles. The van der Waals surface area contributed by atoms with Crippen molar-refractivity contribution >= 4 is 25.2 Å². The van der Waals surface area contributed by atoms with Crippen LogP contribution >= 0.6 is 0 Å². The first-order valence-corrected chi connectivity index (χ1v) is 15.1. The molecule has 0 spiro atoms. The van der Waals surface area contributed by atoms with Gasteiger partial charge in [0.25, 0.3) is 8.32 Å². The summed E-state index contributed by atoms with van der Waals surface area (Å²) in [5, 5.41) is 0.554. The van der Waals surface area contributed by atoms with Crippen LogP contribution in [0.25, 0.3) is 0 Å². The Morgan fingerprint density at radius 1 is 1.11 bits per heavy atom. The predicted octanol–water partition coefficient (Wildman–Crippen LogP) is 2.49. The zero-order chi connectivity index (χ0) is 14.8. The minimum atomic E-state index is -2.63. The maximum atomic E-state index is 10.2. The summed E-state index contributed by atoms with van der Waals surface area (Å²) in [4.78, 5) is 20.0. The van der Waals surface area contributed by atoms with Crippen LogP contribution in [0.3, 0.4) is 0 Å². The Bertz CT molecular complexity index is 292. The summed E-state index contributed by atoms with van der Waals surface area (Å²) in [5.74, 6) is 0. The zero-order valence-corrected chi connectivity index (χ0v) is 15.7. The highest BCUT2D eigenvalue weighted by Crippen LogP contribution is 2.24. The molecule has 0 heterocycles.